The van der Waals surface area contributed by atoms with Gasteiger partial charge in [-0.1, -0.05) is 22.0 Å². The molecule has 0 aliphatic rings. The van der Waals surface area contributed by atoms with Gasteiger partial charge in [0.05, 0.1) is 0 Å². The molecule has 0 bridgehead atoms. The lowest BCUT2D eigenvalue weighted by Crippen LogP contribution is -2.25. The van der Waals surface area contributed by atoms with Gasteiger partial charge in [-0.3, -0.25) is 9.78 Å². The number of carbonyl (C=O) groups is 1. The zero-order valence-electron chi connectivity index (χ0n) is 11.2. The number of rotatable bonds is 4. The van der Waals surface area contributed by atoms with Crippen LogP contribution in [0.5, 0.6) is 0 Å². The van der Waals surface area contributed by atoms with E-state index in [1.165, 1.54) is 0 Å². The van der Waals surface area contributed by atoms with Crippen molar-refractivity contribution in [2.24, 2.45) is 0 Å². The molecular formula is C16H13BrN2O2. The van der Waals surface area contributed by atoms with E-state index in [0.717, 1.165) is 21.8 Å². The van der Waals surface area contributed by atoms with Crippen LogP contribution in [0, 0.1) is 0 Å². The lowest BCUT2D eigenvalue weighted by Gasteiger charge is -2.02. The van der Waals surface area contributed by atoms with Crippen molar-refractivity contribution in [1.29, 1.82) is 0 Å². The van der Waals surface area contributed by atoms with Gasteiger partial charge in [-0.2, -0.15) is 0 Å². The molecule has 0 unspecified atom stereocenters. The summed E-state index contributed by atoms with van der Waals surface area (Å²) in [6, 6.07) is 11.3. The Morgan fingerprint density at radius 1 is 1.29 bits per heavy atom. The molecule has 1 amide bonds. The second kappa shape index (κ2) is 6.10. The van der Waals surface area contributed by atoms with E-state index in [4.69, 9.17) is 4.42 Å². The number of furan rings is 1. The largest absolute Gasteiger partial charge is 0.451 e. The van der Waals surface area contributed by atoms with E-state index in [0.29, 0.717) is 17.9 Å². The molecule has 1 N–H and O–H groups in total. The summed E-state index contributed by atoms with van der Waals surface area (Å²) in [6.07, 6.45) is 4.27. The molecule has 4 nitrogen and oxygen atoms in total. The number of aromatic nitrogens is 1. The van der Waals surface area contributed by atoms with Crippen LogP contribution in [0.25, 0.3) is 11.0 Å². The maximum absolute atomic E-state index is 12.1. The summed E-state index contributed by atoms with van der Waals surface area (Å²) in [5.74, 6) is 0.125. The minimum absolute atomic E-state index is 0.203. The molecule has 1 aromatic carbocycles. The number of pyridine rings is 1. The van der Waals surface area contributed by atoms with Crippen LogP contribution in [0.4, 0.5) is 0 Å². The molecule has 3 aromatic rings. The Bertz CT molecular complexity index is 768. The van der Waals surface area contributed by atoms with Crippen molar-refractivity contribution in [2.45, 2.75) is 6.42 Å². The molecule has 0 saturated heterocycles. The van der Waals surface area contributed by atoms with Crippen molar-refractivity contribution in [1.82, 2.24) is 10.3 Å². The molecule has 0 fully saturated rings. The van der Waals surface area contributed by atoms with Crippen LogP contribution in [0.15, 0.2) is 57.7 Å². The van der Waals surface area contributed by atoms with Gasteiger partial charge >= 0.3 is 0 Å². The molecule has 2 aromatic heterocycles. The highest BCUT2D eigenvalue weighted by Crippen LogP contribution is 2.23. The Labute approximate surface area is 130 Å². The lowest BCUT2D eigenvalue weighted by molar-refractivity contribution is 0.0928. The van der Waals surface area contributed by atoms with Crippen LogP contribution >= 0.6 is 15.9 Å². The maximum Gasteiger partial charge on any atom is 0.287 e. The highest BCUT2D eigenvalue weighted by atomic mass is 79.9. The van der Waals surface area contributed by atoms with Crippen LogP contribution in [0.2, 0.25) is 0 Å². The number of fused-ring (bicyclic) bond motifs is 1. The standard InChI is InChI=1S/C16H13BrN2O2/c17-13-4-3-12-8-15(21-14(12)9-13)16(20)19-7-5-11-2-1-6-18-10-11/h1-4,6,8-10H,5,7H2,(H,19,20). The van der Waals surface area contributed by atoms with Crippen LogP contribution in [-0.2, 0) is 6.42 Å². The summed E-state index contributed by atoms with van der Waals surface area (Å²) in [5, 5.41) is 3.76. The van der Waals surface area contributed by atoms with Crippen molar-refractivity contribution in [3.05, 3.63) is 64.6 Å². The highest BCUT2D eigenvalue weighted by Gasteiger charge is 2.11. The molecule has 2 heterocycles. The quantitative estimate of drug-likeness (QED) is 0.787. The van der Waals surface area contributed by atoms with Gasteiger partial charge < -0.3 is 9.73 Å². The number of carbonyl (C=O) groups excluding carboxylic acids is 1. The van der Waals surface area contributed by atoms with E-state index in [1.54, 1.807) is 18.5 Å². The highest BCUT2D eigenvalue weighted by molar-refractivity contribution is 9.10. The maximum atomic E-state index is 12.1. The molecule has 0 aliphatic carbocycles. The number of hydrogen-bond donors (Lipinski definition) is 1. The van der Waals surface area contributed by atoms with Gasteiger partial charge in [0.1, 0.15) is 5.58 Å². The van der Waals surface area contributed by atoms with Crippen LogP contribution in [0.3, 0.4) is 0 Å². The monoisotopic (exact) mass is 344 g/mol. The Hall–Kier alpha value is -2.14. The van der Waals surface area contributed by atoms with Gasteiger partial charge in [0.2, 0.25) is 0 Å². The Kier molecular flexibility index (Phi) is 4.01. The second-order valence-electron chi connectivity index (χ2n) is 4.66. The fourth-order valence-corrected chi connectivity index (χ4v) is 2.41. The molecule has 3 rings (SSSR count). The molecule has 0 spiro atoms. The van der Waals surface area contributed by atoms with E-state index in [1.807, 2.05) is 30.3 Å². The van der Waals surface area contributed by atoms with E-state index >= 15 is 0 Å². The Morgan fingerprint density at radius 3 is 3.00 bits per heavy atom. The number of benzene rings is 1. The summed E-state index contributed by atoms with van der Waals surface area (Å²) in [5.41, 5.74) is 1.79. The first-order valence-corrected chi connectivity index (χ1v) is 7.38. The summed E-state index contributed by atoms with van der Waals surface area (Å²) in [7, 11) is 0. The van der Waals surface area contributed by atoms with Crippen molar-refractivity contribution in [3.63, 3.8) is 0 Å². The first-order valence-electron chi connectivity index (χ1n) is 6.58. The van der Waals surface area contributed by atoms with Gasteiger partial charge in [-0.25, -0.2) is 0 Å². The van der Waals surface area contributed by atoms with E-state index in [2.05, 4.69) is 26.2 Å². The zero-order chi connectivity index (χ0) is 14.7. The zero-order valence-corrected chi connectivity index (χ0v) is 12.8. The molecule has 0 radical (unpaired) electrons. The first kappa shape index (κ1) is 13.8. The number of amides is 1. The van der Waals surface area contributed by atoms with Gasteiger partial charge in [-0.15, -0.1) is 0 Å². The third kappa shape index (κ3) is 3.31. The number of nitrogens with one attached hydrogen (secondary N) is 1. The van der Waals surface area contributed by atoms with Gasteiger partial charge in [0.25, 0.3) is 5.91 Å². The molecule has 21 heavy (non-hydrogen) atoms. The summed E-state index contributed by atoms with van der Waals surface area (Å²) < 4.78 is 6.48. The number of nitrogens with zero attached hydrogens (tertiary/aromatic N) is 1. The smallest absolute Gasteiger partial charge is 0.287 e. The minimum atomic E-state index is -0.203. The summed E-state index contributed by atoms with van der Waals surface area (Å²) in [4.78, 5) is 16.1. The summed E-state index contributed by atoms with van der Waals surface area (Å²) in [6.45, 7) is 0.547. The third-order valence-corrected chi connectivity index (χ3v) is 3.62. The van der Waals surface area contributed by atoms with E-state index in [9.17, 15) is 4.79 Å². The van der Waals surface area contributed by atoms with Crippen molar-refractivity contribution >= 4 is 32.8 Å². The SMILES string of the molecule is O=C(NCCc1cccnc1)c1cc2ccc(Br)cc2o1. The van der Waals surface area contributed by atoms with Gasteiger partial charge in [0.15, 0.2) is 5.76 Å². The lowest BCUT2D eigenvalue weighted by atomic mass is 10.2. The van der Waals surface area contributed by atoms with E-state index < -0.39 is 0 Å². The molecular weight excluding hydrogens is 332 g/mol. The summed E-state index contributed by atoms with van der Waals surface area (Å²) >= 11 is 3.38. The van der Waals surface area contributed by atoms with Gasteiger partial charge in [0, 0.05) is 28.8 Å². The molecule has 0 saturated carbocycles. The number of halogens is 1. The molecule has 106 valence electrons. The third-order valence-electron chi connectivity index (χ3n) is 3.13. The van der Waals surface area contributed by atoms with Gasteiger partial charge in [-0.05, 0) is 42.3 Å². The van der Waals surface area contributed by atoms with Crippen LogP contribution < -0.4 is 5.32 Å². The molecule has 5 heteroatoms. The molecule has 0 atom stereocenters. The first-order chi connectivity index (χ1) is 10.2. The Balaban J connectivity index is 1.64. The predicted molar refractivity (Wildman–Crippen MR) is 84.2 cm³/mol. The minimum Gasteiger partial charge on any atom is -0.451 e. The average molecular weight is 345 g/mol. The van der Waals surface area contributed by atoms with Crippen molar-refractivity contribution in [2.75, 3.05) is 6.54 Å². The van der Waals surface area contributed by atoms with Crippen molar-refractivity contribution < 1.29 is 9.21 Å². The fraction of sp³-hybridized carbons (Fsp3) is 0.125. The topological polar surface area (TPSA) is 55.1 Å². The second-order valence-corrected chi connectivity index (χ2v) is 5.58. The van der Waals surface area contributed by atoms with Crippen molar-refractivity contribution in [3.8, 4) is 0 Å². The average Bonchev–Trinajstić information content (AvgIpc) is 2.91. The van der Waals surface area contributed by atoms with E-state index in [-0.39, 0.29) is 5.91 Å². The number of hydrogen-bond acceptors (Lipinski definition) is 3. The fourth-order valence-electron chi connectivity index (χ4n) is 2.07. The predicted octanol–water partition coefficient (Wildman–Crippen LogP) is 3.56. The molecule has 0 aliphatic heterocycles. The van der Waals surface area contributed by atoms with Crippen LogP contribution in [0.1, 0.15) is 16.1 Å². The normalized spacial score (nSPS) is 10.7. The Morgan fingerprint density at radius 2 is 2.19 bits per heavy atom. The van der Waals surface area contributed by atoms with Crippen LogP contribution in [-0.4, -0.2) is 17.4 Å².